The SMILES string of the molecule is CCC(N)C(CC)(CC(=O)OC)c1ccc(C)cc1. The average Bonchev–Trinajstić information content (AvgIpc) is 2.44. The van der Waals surface area contributed by atoms with Gasteiger partial charge in [0.25, 0.3) is 0 Å². The van der Waals surface area contributed by atoms with Crippen LogP contribution in [0.15, 0.2) is 24.3 Å². The van der Waals surface area contributed by atoms with Crippen molar-refractivity contribution in [1.29, 1.82) is 0 Å². The summed E-state index contributed by atoms with van der Waals surface area (Å²) in [4.78, 5) is 11.8. The fourth-order valence-electron chi connectivity index (χ4n) is 2.64. The second-order valence-corrected chi connectivity index (χ2v) is 5.14. The van der Waals surface area contributed by atoms with E-state index in [0.29, 0.717) is 6.42 Å². The number of nitrogens with two attached hydrogens (primary N) is 1. The molecule has 0 heterocycles. The molecule has 2 N–H and O–H groups in total. The van der Waals surface area contributed by atoms with E-state index in [9.17, 15) is 4.79 Å². The highest BCUT2D eigenvalue weighted by Gasteiger charge is 2.38. The van der Waals surface area contributed by atoms with E-state index in [1.165, 1.54) is 12.7 Å². The Hall–Kier alpha value is -1.35. The van der Waals surface area contributed by atoms with Crippen LogP contribution in [0.2, 0.25) is 0 Å². The summed E-state index contributed by atoms with van der Waals surface area (Å²) in [6.07, 6.45) is 1.98. The molecular formula is C16H25NO2. The number of rotatable bonds is 6. The van der Waals surface area contributed by atoms with Crippen molar-refractivity contribution in [3.05, 3.63) is 35.4 Å². The summed E-state index contributed by atoms with van der Waals surface area (Å²) in [5.41, 5.74) is 8.32. The largest absolute Gasteiger partial charge is 0.469 e. The van der Waals surface area contributed by atoms with Crippen molar-refractivity contribution in [1.82, 2.24) is 0 Å². The topological polar surface area (TPSA) is 52.3 Å². The summed E-state index contributed by atoms with van der Waals surface area (Å²) >= 11 is 0. The first-order valence-electron chi connectivity index (χ1n) is 6.89. The quantitative estimate of drug-likeness (QED) is 0.803. The van der Waals surface area contributed by atoms with E-state index >= 15 is 0 Å². The minimum Gasteiger partial charge on any atom is -0.469 e. The molecule has 0 aliphatic carbocycles. The molecule has 0 spiro atoms. The van der Waals surface area contributed by atoms with Crippen molar-refractivity contribution in [3.8, 4) is 0 Å². The molecule has 2 unspecified atom stereocenters. The highest BCUT2D eigenvalue weighted by Crippen LogP contribution is 2.36. The standard InChI is InChI=1S/C16H25NO2/c1-5-14(17)16(6-2,11-15(18)19-4)13-9-7-12(3)8-10-13/h7-10,14H,5-6,11,17H2,1-4H3. The van der Waals surface area contributed by atoms with Crippen LogP contribution in [0, 0.1) is 6.92 Å². The van der Waals surface area contributed by atoms with Gasteiger partial charge in [0.15, 0.2) is 0 Å². The Labute approximate surface area is 116 Å². The van der Waals surface area contributed by atoms with Crippen LogP contribution in [0.1, 0.15) is 44.2 Å². The Kier molecular flexibility index (Phi) is 5.55. The monoisotopic (exact) mass is 263 g/mol. The van der Waals surface area contributed by atoms with Gasteiger partial charge in [-0.15, -0.1) is 0 Å². The van der Waals surface area contributed by atoms with Gasteiger partial charge in [-0.2, -0.15) is 0 Å². The van der Waals surface area contributed by atoms with Gasteiger partial charge in [-0.1, -0.05) is 43.7 Å². The lowest BCUT2D eigenvalue weighted by Gasteiger charge is -2.38. The fraction of sp³-hybridized carbons (Fsp3) is 0.562. The van der Waals surface area contributed by atoms with Crippen LogP contribution in [0.4, 0.5) is 0 Å². The van der Waals surface area contributed by atoms with Crippen molar-refractivity contribution in [2.75, 3.05) is 7.11 Å². The summed E-state index contributed by atoms with van der Waals surface area (Å²) in [7, 11) is 1.43. The first-order valence-corrected chi connectivity index (χ1v) is 6.89. The van der Waals surface area contributed by atoms with Gasteiger partial charge in [-0.05, 0) is 25.3 Å². The minimum atomic E-state index is -0.338. The van der Waals surface area contributed by atoms with Crippen LogP contribution >= 0.6 is 0 Å². The predicted octanol–water partition coefficient (Wildman–Crippen LogP) is 2.94. The summed E-state index contributed by atoms with van der Waals surface area (Å²) in [5.74, 6) is -0.202. The molecule has 1 aromatic carbocycles. The highest BCUT2D eigenvalue weighted by molar-refractivity contribution is 5.71. The van der Waals surface area contributed by atoms with E-state index in [4.69, 9.17) is 10.5 Å². The number of aryl methyl sites for hydroxylation is 1. The smallest absolute Gasteiger partial charge is 0.306 e. The summed E-state index contributed by atoms with van der Waals surface area (Å²) in [5, 5.41) is 0. The Morgan fingerprint density at radius 2 is 1.89 bits per heavy atom. The molecule has 0 amide bonds. The molecule has 0 radical (unpaired) electrons. The molecule has 0 aliphatic rings. The maximum atomic E-state index is 11.8. The lowest BCUT2D eigenvalue weighted by molar-refractivity contribution is -0.142. The molecule has 3 nitrogen and oxygen atoms in total. The van der Waals surface area contributed by atoms with Gasteiger partial charge < -0.3 is 10.5 Å². The molecule has 0 fully saturated rings. The van der Waals surface area contributed by atoms with Crippen LogP contribution in [0.3, 0.4) is 0 Å². The van der Waals surface area contributed by atoms with Crippen molar-refractivity contribution in [2.24, 2.45) is 5.73 Å². The summed E-state index contributed by atoms with van der Waals surface area (Å²) in [6, 6.07) is 8.24. The first kappa shape index (κ1) is 15.7. The molecule has 106 valence electrons. The van der Waals surface area contributed by atoms with E-state index in [2.05, 4.69) is 45.0 Å². The third-order valence-corrected chi connectivity index (χ3v) is 4.09. The van der Waals surface area contributed by atoms with Crippen molar-refractivity contribution >= 4 is 5.97 Å². The zero-order valence-corrected chi connectivity index (χ0v) is 12.4. The number of benzene rings is 1. The Balaban J connectivity index is 3.22. The average molecular weight is 263 g/mol. The summed E-state index contributed by atoms with van der Waals surface area (Å²) in [6.45, 7) is 6.19. The normalized spacial score (nSPS) is 15.6. The van der Waals surface area contributed by atoms with Gasteiger partial charge in [0.2, 0.25) is 0 Å². The van der Waals surface area contributed by atoms with Gasteiger partial charge in [-0.3, -0.25) is 4.79 Å². The van der Waals surface area contributed by atoms with E-state index in [1.54, 1.807) is 0 Å². The summed E-state index contributed by atoms with van der Waals surface area (Å²) < 4.78 is 4.85. The number of carbonyl (C=O) groups excluding carboxylic acids is 1. The number of hydrogen-bond donors (Lipinski definition) is 1. The van der Waals surface area contributed by atoms with Crippen LogP contribution in [0.5, 0.6) is 0 Å². The molecule has 0 saturated heterocycles. The Morgan fingerprint density at radius 3 is 2.32 bits per heavy atom. The van der Waals surface area contributed by atoms with Gasteiger partial charge in [0, 0.05) is 11.5 Å². The number of carbonyl (C=O) groups is 1. The van der Waals surface area contributed by atoms with E-state index in [0.717, 1.165) is 18.4 Å². The lowest BCUT2D eigenvalue weighted by atomic mass is 9.69. The van der Waals surface area contributed by atoms with E-state index in [-0.39, 0.29) is 17.4 Å². The molecule has 3 heteroatoms. The molecule has 2 atom stereocenters. The molecule has 0 bridgehead atoms. The molecule has 0 aromatic heterocycles. The number of methoxy groups -OCH3 is 1. The van der Waals surface area contributed by atoms with E-state index < -0.39 is 0 Å². The van der Waals surface area contributed by atoms with Gasteiger partial charge >= 0.3 is 5.97 Å². The van der Waals surface area contributed by atoms with Gasteiger partial charge in [0.1, 0.15) is 0 Å². The van der Waals surface area contributed by atoms with E-state index in [1.807, 2.05) is 0 Å². The zero-order chi connectivity index (χ0) is 14.5. The second-order valence-electron chi connectivity index (χ2n) is 5.14. The molecule has 1 aromatic rings. The molecular weight excluding hydrogens is 238 g/mol. The highest BCUT2D eigenvalue weighted by atomic mass is 16.5. The van der Waals surface area contributed by atoms with Gasteiger partial charge in [0.05, 0.1) is 13.5 Å². The maximum absolute atomic E-state index is 11.8. The van der Waals surface area contributed by atoms with Crippen LogP contribution in [-0.4, -0.2) is 19.1 Å². The fourth-order valence-corrected chi connectivity index (χ4v) is 2.64. The second kappa shape index (κ2) is 6.71. The van der Waals surface area contributed by atoms with Crippen LogP contribution < -0.4 is 5.73 Å². The maximum Gasteiger partial charge on any atom is 0.306 e. The minimum absolute atomic E-state index is 0.0562. The van der Waals surface area contributed by atoms with Crippen molar-refractivity contribution in [2.45, 2.75) is 51.5 Å². The van der Waals surface area contributed by atoms with Crippen molar-refractivity contribution < 1.29 is 9.53 Å². The molecule has 0 saturated carbocycles. The molecule has 0 aliphatic heterocycles. The Bertz CT molecular complexity index is 413. The molecule has 19 heavy (non-hydrogen) atoms. The number of ether oxygens (including phenoxy) is 1. The third kappa shape index (κ3) is 3.35. The van der Waals surface area contributed by atoms with Crippen molar-refractivity contribution in [3.63, 3.8) is 0 Å². The number of esters is 1. The molecule has 1 rings (SSSR count). The zero-order valence-electron chi connectivity index (χ0n) is 12.4. The predicted molar refractivity (Wildman–Crippen MR) is 78.0 cm³/mol. The first-order chi connectivity index (χ1) is 9.00. The number of hydrogen-bond acceptors (Lipinski definition) is 3. The Morgan fingerprint density at radius 1 is 1.32 bits per heavy atom. The van der Waals surface area contributed by atoms with Crippen LogP contribution in [-0.2, 0) is 14.9 Å². The van der Waals surface area contributed by atoms with Crippen LogP contribution in [0.25, 0.3) is 0 Å². The third-order valence-electron chi connectivity index (χ3n) is 4.09. The lowest BCUT2D eigenvalue weighted by Crippen LogP contribution is -2.46. The van der Waals surface area contributed by atoms with Gasteiger partial charge in [-0.25, -0.2) is 0 Å².